The predicted molar refractivity (Wildman–Crippen MR) is 95.1 cm³/mol. The summed E-state index contributed by atoms with van der Waals surface area (Å²) in [5.74, 6) is -3.62. The summed E-state index contributed by atoms with van der Waals surface area (Å²) in [5.41, 5.74) is -0.746. The molecule has 0 N–H and O–H groups in total. The summed E-state index contributed by atoms with van der Waals surface area (Å²) in [5, 5.41) is 0. The van der Waals surface area contributed by atoms with Gasteiger partial charge < -0.3 is 0 Å². The first-order valence-electron chi connectivity index (χ1n) is 8.93. The fourth-order valence-corrected chi connectivity index (χ4v) is 6.27. The third-order valence-electron chi connectivity index (χ3n) is 5.40. The van der Waals surface area contributed by atoms with Crippen molar-refractivity contribution in [3.05, 3.63) is 65.7 Å². The first kappa shape index (κ1) is 21.7. The molecule has 0 atom stereocenters. The number of alkyl halides is 6. The Balaban J connectivity index is 2.07. The van der Waals surface area contributed by atoms with E-state index in [1.807, 2.05) is 0 Å². The average Bonchev–Trinajstić information content (AvgIpc) is 3.12. The third kappa shape index (κ3) is 3.89. The Bertz CT molecular complexity index is 927. The second kappa shape index (κ2) is 7.34. The number of sulfone groups is 1. The fraction of sp³-hybridized carbons (Fsp3) is 0.400. The van der Waals surface area contributed by atoms with E-state index in [-0.39, 0.29) is 23.3 Å². The molecule has 0 aromatic heterocycles. The molecule has 0 aliphatic heterocycles. The summed E-state index contributed by atoms with van der Waals surface area (Å²) in [6, 6.07) is 11.3. The van der Waals surface area contributed by atoms with Crippen molar-refractivity contribution in [3.8, 4) is 0 Å². The second-order valence-electron chi connectivity index (χ2n) is 7.16. The quantitative estimate of drug-likeness (QED) is 0.540. The summed E-state index contributed by atoms with van der Waals surface area (Å²) in [7, 11) is -3.89. The van der Waals surface area contributed by atoms with Crippen LogP contribution < -0.4 is 0 Å². The van der Waals surface area contributed by atoms with E-state index < -0.39 is 38.4 Å². The van der Waals surface area contributed by atoms with E-state index in [0.717, 1.165) is 24.3 Å². The minimum atomic E-state index is -5.50. The van der Waals surface area contributed by atoms with Gasteiger partial charge in [-0.25, -0.2) is 8.42 Å². The van der Waals surface area contributed by atoms with Gasteiger partial charge in [-0.05, 0) is 36.1 Å². The van der Waals surface area contributed by atoms with Crippen LogP contribution in [0.25, 0.3) is 0 Å². The lowest BCUT2D eigenvalue weighted by Gasteiger charge is -2.30. The zero-order chi connectivity index (χ0) is 21.5. The SMILES string of the molecule is O=S(=O)(c1ccccc1)C1(c2ccc(C(C(F)(F)F)C(F)(F)F)cc2)CCCC1. The molecule has 1 aliphatic carbocycles. The van der Waals surface area contributed by atoms with Gasteiger partial charge in [-0.15, -0.1) is 0 Å². The molecule has 0 radical (unpaired) electrons. The summed E-state index contributed by atoms with van der Waals surface area (Å²) in [6.45, 7) is 0. The fourth-order valence-electron chi connectivity index (χ4n) is 4.03. The van der Waals surface area contributed by atoms with E-state index in [4.69, 9.17) is 0 Å². The molecule has 9 heteroatoms. The highest BCUT2D eigenvalue weighted by atomic mass is 32.2. The largest absolute Gasteiger partial charge is 0.404 e. The van der Waals surface area contributed by atoms with Crippen molar-refractivity contribution in [1.29, 1.82) is 0 Å². The summed E-state index contributed by atoms with van der Waals surface area (Å²) >= 11 is 0. The van der Waals surface area contributed by atoms with Crippen molar-refractivity contribution < 1.29 is 34.8 Å². The molecule has 3 rings (SSSR count). The molecule has 1 saturated carbocycles. The van der Waals surface area contributed by atoms with Crippen LogP contribution in [-0.2, 0) is 14.6 Å². The van der Waals surface area contributed by atoms with E-state index in [0.29, 0.717) is 12.8 Å². The molecule has 0 unspecified atom stereocenters. The van der Waals surface area contributed by atoms with Gasteiger partial charge >= 0.3 is 12.4 Å². The number of benzene rings is 2. The molecule has 0 amide bonds. The molecule has 0 bridgehead atoms. The first-order chi connectivity index (χ1) is 13.4. The Morgan fingerprint density at radius 3 is 1.69 bits per heavy atom. The Morgan fingerprint density at radius 2 is 1.24 bits per heavy atom. The maximum Gasteiger partial charge on any atom is 0.404 e. The molecule has 158 valence electrons. The lowest BCUT2D eigenvalue weighted by molar-refractivity contribution is -0.253. The minimum Gasteiger partial charge on any atom is -0.223 e. The Labute approximate surface area is 164 Å². The normalized spacial score (nSPS) is 17.6. The van der Waals surface area contributed by atoms with Crippen LogP contribution >= 0.6 is 0 Å². The first-order valence-corrected chi connectivity index (χ1v) is 10.4. The lowest BCUT2D eigenvalue weighted by Crippen LogP contribution is -2.35. The topological polar surface area (TPSA) is 34.1 Å². The highest BCUT2D eigenvalue weighted by Crippen LogP contribution is 2.50. The van der Waals surface area contributed by atoms with Crippen molar-refractivity contribution in [2.75, 3.05) is 0 Å². The zero-order valence-electron chi connectivity index (χ0n) is 15.1. The van der Waals surface area contributed by atoms with Crippen LogP contribution in [-0.4, -0.2) is 20.8 Å². The van der Waals surface area contributed by atoms with Crippen molar-refractivity contribution in [2.45, 2.75) is 53.6 Å². The van der Waals surface area contributed by atoms with E-state index in [1.54, 1.807) is 18.2 Å². The number of rotatable bonds is 4. The van der Waals surface area contributed by atoms with Gasteiger partial charge in [-0.3, -0.25) is 0 Å². The molecule has 0 spiro atoms. The number of hydrogen-bond donors (Lipinski definition) is 0. The molecule has 2 aromatic carbocycles. The van der Waals surface area contributed by atoms with E-state index in [1.165, 1.54) is 12.1 Å². The van der Waals surface area contributed by atoms with E-state index >= 15 is 0 Å². The van der Waals surface area contributed by atoms with Gasteiger partial charge in [0.2, 0.25) is 0 Å². The highest BCUT2D eigenvalue weighted by Gasteiger charge is 2.57. The van der Waals surface area contributed by atoms with Crippen molar-refractivity contribution >= 4 is 9.84 Å². The molecule has 29 heavy (non-hydrogen) atoms. The van der Waals surface area contributed by atoms with Gasteiger partial charge in [0.15, 0.2) is 15.8 Å². The monoisotopic (exact) mass is 436 g/mol. The van der Waals surface area contributed by atoms with Gasteiger partial charge in [0.25, 0.3) is 0 Å². The maximum atomic E-state index is 13.3. The second-order valence-corrected chi connectivity index (χ2v) is 9.42. The van der Waals surface area contributed by atoms with Gasteiger partial charge in [0.1, 0.15) is 4.75 Å². The smallest absolute Gasteiger partial charge is 0.223 e. The lowest BCUT2D eigenvalue weighted by atomic mass is 9.91. The maximum absolute atomic E-state index is 13.3. The minimum absolute atomic E-state index is 0.0782. The highest BCUT2D eigenvalue weighted by molar-refractivity contribution is 7.92. The molecule has 1 aliphatic rings. The molecule has 2 aromatic rings. The van der Waals surface area contributed by atoms with Crippen LogP contribution in [0.4, 0.5) is 26.3 Å². The van der Waals surface area contributed by atoms with Crippen molar-refractivity contribution in [3.63, 3.8) is 0 Å². The van der Waals surface area contributed by atoms with Gasteiger partial charge in [0, 0.05) is 0 Å². The van der Waals surface area contributed by atoms with Crippen LogP contribution in [0.3, 0.4) is 0 Å². The molecule has 2 nitrogen and oxygen atoms in total. The molecule has 0 saturated heterocycles. The van der Waals surface area contributed by atoms with Crippen LogP contribution in [0.15, 0.2) is 59.5 Å². The number of halogens is 6. The number of hydrogen-bond acceptors (Lipinski definition) is 2. The van der Waals surface area contributed by atoms with E-state index in [2.05, 4.69) is 0 Å². The van der Waals surface area contributed by atoms with Crippen molar-refractivity contribution in [1.82, 2.24) is 0 Å². The zero-order valence-corrected chi connectivity index (χ0v) is 15.9. The molecular weight excluding hydrogens is 418 g/mol. The van der Waals surface area contributed by atoms with Crippen LogP contribution in [0.2, 0.25) is 0 Å². The Hall–Kier alpha value is -2.03. The average molecular weight is 436 g/mol. The summed E-state index contributed by atoms with van der Waals surface area (Å²) < 4.78 is 103. The summed E-state index contributed by atoms with van der Waals surface area (Å²) in [4.78, 5) is 0.0782. The summed E-state index contributed by atoms with van der Waals surface area (Å²) in [6.07, 6.45) is -9.29. The van der Waals surface area contributed by atoms with Crippen LogP contribution in [0.5, 0.6) is 0 Å². The molecular formula is C20H18F6O2S. The predicted octanol–water partition coefficient (Wildman–Crippen LogP) is 6.14. The van der Waals surface area contributed by atoms with Gasteiger partial charge in [-0.1, -0.05) is 55.3 Å². The van der Waals surface area contributed by atoms with E-state index in [9.17, 15) is 34.8 Å². The van der Waals surface area contributed by atoms with Gasteiger partial charge in [-0.2, -0.15) is 26.3 Å². The van der Waals surface area contributed by atoms with Crippen LogP contribution in [0, 0.1) is 0 Å². The standard InChI is InChI=1S/C20H18F6O2S/c21-19(22,23)17(20(24,25)26)14-8-10-15(11-9-14)18(12-4-5-13-18)29(27,28)16-6-2-1-3-7-16/h1-3,6-11,17H,4-5,12-13H2. The van der Waals surface area contributed by atoms with Crippen LogP contribution in [0.1, 0.15) is 42.7 Å². The Kier molecular flexibility index (Phi) is 5.49. The Morgan fingerprint density at radius 1 is 0.759 bits per heavy atom. The molecule has 1 fully saturated rings. The van der Waals surface area contributed by atoms with Crippen molar-refractivity contribution in [2.24, 2.45) is 0 Å². The van der Waals surface area contributed by atoms with Gasteiger partial charge in [0.05, 0.1) is 4.90 Å². The molecule has 0 heterocycles. The third-order valence-corrected chi connectivity index (χ3v) is 7.97.